The molecule has 0 aliphatic carbocycles. The molecule has 4 heteroatoms. The summed E-state index contributed by atoms with van der Waals surface area (Å²) in [5, 5.41) is 9.65. The van der Waals surface area contributed by atoms with Crippen LogP contribution in [0.25, 0.3) is 0 Å². The molecule has 0 radical (unpaired) electrons. The monoisotopic (exact) mass is 245 g/mol. The van der Waals surface area contributed by atoms with Crippen LogP contribution in [-0.4, -0.2) is 35.9 Å². The van der Waals surface area contributed by atoms with Crippen molar-refractivity contribution in [3.8, 4) is 5.75 Å². The van der Waals surface area contributed by atoms with Gasteiger partial charge in [0.25, 0.3) is 0 Å². The Labute approximate surface area is 101 Å². The summed E-state index contributed by atoms with van der Waals surface area (Å²) in [7, 11) is 4.22. The zero-order valence-corrected chi connectivity index (χ0v) is 10.6. The SMILES string of the molecule is CN(C)C1CSc2c(O)cccc2C1.Cl. The first kappa shape index (κ1) is 12.7. The molecule has 0 spiro atoms. The van der Waals surface area contributed by atoms with Gasteiger partial charge < -0.3 is 10.0 Å². The third kappa shape index (κ3) is 2.60. The Morgan fingerprint density at radius 3 is 2.80 bits per heavy atom. The number of nitrogens with zero attached hydrogens (tertiary/aromatic N) is 1. The number of aromatic hydroxyl groups is 1. The molecule has 1 unspecified atom stereocenters. The molecule has 1 heterocycles. The number of hydrogen-bond donors (Lipinski definition) is 1. The standard InChI is InChI=1S/C11H15NOS.ClH/c1-12(2)9-6-8-4-3-5-10(13)11(8)14-7-9;/h3-5,9,13H,6-7H2,1-2H3;1H. The van der Waals surface area contributed by atoms with E-state index in [9.17, 15) is 5.11 Å². The van der Waals surface area contributed by atoms with Gasteiger partial charge in [-0.15, -0.1) is 24.2 Å². The van der Waals surface area contributed by atoms with E-state index < -0.39 is 0 Å². The molecule has 1 atom stereocenters. The highest BCUT2D eigenvalue weighted by atomic mass is 35.5. The van der Waals surface area contributed by atoms with Crippen LogP contribution in [0.15, 0.2) is 23.1 Å². The number of hydrogen-bond acceptors (Lipinski definition) is 3. The Kier molecular flexibility index (Phi) is 4.32. The summed E-state index contributed by atoms with van der Waals surface area (Å²) in [6.07, 6.45) is 1.05. The lowest BCUT2D eigenvalue weighted by atomic mass is 10.1. The first-order valence-corrected chi connectivity index (χ1v) is 5.77. The molecule has 0 saturated carbocycles. The molecule has 0 bridgehead atoms. The van der Waals surface area contributed by atoms with Crippen molar-refractivity contribution in [1.29, 1.82) is 0 Å². The van der Waals surface area contributed by atoms with Gasteiger partial charge in [-0.3, -0.25) is 0 Å². The fourth-order valence-corrected chi connectivity index (χ4v) is 3.05. The number of rotatable bonds is 1. The fourth-order valence-electron chi connectivity index (χ4n) is 1.72. The van der Waals surface area contributed by atoms with Crippen molar-refractivity contribution < 1.29 is 5.11 Å². The normalized spacial score (nSPS) is 19.5. The summed E-state index contributed by atoms with van der Waals surface area (Å²) >= 11 is 1.76. The Bertz CT molecular complexity index is 343. The minimum absolute atomic E-state index is 0. The average Bonchev–Trinajstić information content (AvgIpc) is 2.17. The van der Waals surface area contributed by atoms with Crippen LogP contribution < -0.4 is 0 Å². The molecule has 84 valence electrons. The number of thioether (sulfide) groups is 1. The van der Waals surface area contributed by atoms with Gasteiger partial charge in [-0.2, -0.15) is 0 Å². The minimum atomic E-state index is 0. The summed E-state index contributed by atoms with van der Waals surface area (Å²) in [6, 6.07) is 6.39. The molecule has 1 N–H and O–H groups in total. The molecule has 0 amide bonds. The van der Waals surface area contributed by atoms with Gasteiger partial charge >= 0.3 is 0 Å². The predicted octanol–water partition coefficient (Wildman–Crippen LogP) is 2.39. The summed E-state index contributed by atoms with van der Waals surface area (Å²) in [6.45, 7) is 0. The second-order valence-corrected chi connectivity index (χ2v) is 4.93. The molecule has 2 rings (SSSR count). The highest BCUT2D eigenvalue weighted by Gasteiger charge is 2.22. The number of halogens is 1. The van der Waals surface area contributed by atoms with E-state index in [1.165, 1.54) is 5.56 Å². The molecule has 1 aliphatic heterocycles. The zero-order valence-electron chi connectivity index (χ0n) is 8.93. The van der Waals surface area contributed by atoms with E-state index >= 15 is 0 Å². The van der Waals surface area contributed by atoms with E-state index in [-0.39, 0.29) is 12.4 Å². The number of phenolic OH excluding ortho intramolecular Hbond substituents is 1. The highest BCUT2D eigenvalue weighted by Crippen LogP contribution is 2.37. The maximum absolute atomic E-state index is 9.65. The van der Waals surface area contributed by atoms with Crippen LogP contribution in [0, 0.1) is 0 Å². The lowest BCUT2D eigenvalue weighted by Gasteiger charge is -2.29. The molecule has 1 aromatic carbocycles. The van der Waals surface area contributed by atoms with Gasteiger partial charge in [0.05, 0.1) is 4.90 Å². The van der Waals surface area contributed by atoms with E-state index in [0.717, 1.165) is 17.1 Å². The van der Waals surface area contributed by atoms with Gasteiger partial charge in [-0.1, -0.05) is 12.1 Å². The van der Waals surface area contributed by atoms with Crippen LogP contribution >= 0.6 is 24.2 Å². The number of benzene rings is 1. The Hall–Kier alpha value is -0.380. The van der Waals surface area contributed by atoms with Gasteiger partial charge in [0.15, 0.2) is 0 Å². The molecular weight excluding hydrogens is 230 g/mol. The number of likely N-dealkylation sites (N-methyl/N-ethyl adjacent to an activating group) is 1. The molecular formula is C11H16ClNOS. The lowest BCUT2D eigenvalue weighted by Crippen LogP contribution is -2.34. The lowest BCUT2D eigenvalue weighted by molar-refractivity contribution is 0.312. The van der Waals surface area contributed by atoms with Crippen LogP contribution in [0.3, 0.4) is 0 Å². The van der Waals surface area contributed by atoms with Crippen molar-refractivity contribution in [3.05, 3.63) is 23.8 Å². The summed E-state index contributed by atoms with van der Waals surface area (Å²) in [4.78, 5) is 3.32. The largest absolute Gasteiger partial charge is 0.507 e. The summed E-state index contributed by atoms with van der Waals surface area (Å²) in [5.74, 6) is 1.50. The van der Waals surface area contributed by atoms with Crippen molar-refractivity contribution in [2.45, 2.75) is 17.4 Å². The number of phenols is 1. The second-order valence-electron chi connectivity index (χ2n) is 3.90. The highest BCUT2D eigenvalue weighted by molar-refractivity contribution is 7.99. The van der Waals surface area contributed by atoms with Gasteiger partial charge in [-0.05, 0) is 32.1 Å². The maximum Gasteiger partial charge on any atom is 0.129 e. The van der Waals surface area contributed by atoms with Crippen LogP contribution in [0.4, 0.5) is 0 Å². The molecule has 0 aromatic heterocycles. The van der Waals surface area contributed by atoms with E-state index in [0.29, 0.717) is 11.8 Å². The Morgan fingerprint density at radius 2 is 2.13 bits per heavy atom. The van der Waals surface area contributed by atoms with Crippen molar-refractivity contribution in [3.63, 3.8) is 0 Å². The Morgan fingerprint density at radius 1 is 1.40 bits per heavy atom. The van der Waals surface area contributed by atoms with Crippen molar-refractivity contribution >= 4 is 24.2 Å². The van der Waals surface area contributed by atoms with Crippen LogP contribution in [0.2, 0.25) is 0 Å². The fraction of sp³-hybridized carbons (Fsp3) is 0.455. The summed E-state index contributed by atoms with van der Waals surface area (Å²) in [5.41, 5.74) is 1.28. The maximum atomic E-state index is 9.65. The molecule has 2 nitrogen and oxygen atoms in total. The molecule has 15 heavy (non-hydrogen) atoms. The van der Waals surface area contributed by atoms with Crippen LogP contribution in [0.5, 0.6) is 5.75 Å². The third-order valence-corrected chi connectivity index (χ3v) is 3.99. The van der Waals surface area contributed by atoms with Gasteiger partial charge in [0.1, 0.15) is 5.75 Å². The van der Waals surface area contributed by atoms with Gasteiger partial charge in [0.2, 0.25) is 0 Å². The number of fused-ring (bicyclic) bond motifs is 1. The smallest absolute Gasteiger partial charge is 0.129 e. The van der Waals surface area contributed by atoms with E-state index in [2.05, 4.69) is 25.1 Å². The van der Waals surface area contributed by atoms with Gasteiger partial charge in [0, 0.05) is 11.8 Å². The van der Waals surface area contributed by atoms with E-state index in [4.69, 9.17) is 0 Å². The topological polar surface area (TPSA) is 23.5 Å². The van der Waals surface area contributed by atoms with Crippen molar-refractivity contribution in [1.82, 2.24) is 4.90 Å². The predicted molar refractivity (Wildman–Crippen MR) is 67.3 cm³/mol. The van der Waals surface area contributed by atoms with E-state index in [1.807, 2.05) is 6.07 Å². The summed E-state index contributed by atoms with van der Waals surface area (Å²) < 4.78 is 0. The average molecular weight is 246 g/mol. The van der Waals surface area contributed by atoms with Crippen LogP contribution in [0.1, 0.15) is 5.56 Å². The molecule has 1 aliphatic rings. The molecule has 0 fully saturated rings. The third-order valence-electron chi connectivity index (χ3n) is 2.68. The minimum Gasteiger partial charge on any atom is -0.507 e. The second kappa shape index (κ2) is 5.10. The molecule has 0 saturated heterocycles. The first-order chi connectivity index (χ1) is 6.68. The Balaban J connectivity index is 0.00000112. The zero-order chi connectivity index (χ0) is 10.1. The van der Waals surface area contributed by atoms with Crippen LogP contribution in [-0.2, 0) is 6.42 Å². The quantitative estimate of drug-likeness (QED) is 0.822. The van der Waals surface area contributed by atoms with Gasteiger partial charge in [-0.25, -0.2) is 0 Å². The van der Waals surface area contributed by atoms with Crippen molar-refractivity contribution in [2.24, 2.45) is 0 Å². The molecule has 1 aromatic rings. The van der Waals surface area contributed by atoms with E-state index in [1.54, 1.807) is 17.8 Å². The van der Waals surface area contributed by atoms with Crippen molar-refractivity contribution in [2.75, 3.05) is 19.8 Å². The first-order valence-electron chi connectivity index (χ1n) is 4.78.